The molecule has 0 aliphatic carbocycles. The van der Waals surface area contributed by atoms with Crippen LogP contribution in [-0.4, -0.2) is 21.4 Å². The molecule has 17 heavy (non-hydrogen) atoms. The summed E-state index contributed by atoms with van der Waals surface area (Å²) in [5, 5.41) is 5.99. The Hall–Kier alpha value is -0.400. The zero-order valence-electron chi connectivity index (χ0n) is 9.07. The van der Waals surface area contributed by atoms with Gasteiger partial charge in [-0.05, 0) is 41.9 Å². The van der Waals surface area contributed by atoms with E-state index in [9.17, 15) is 0 Å². The van der Waals surface area contributed by atoms with Gasteiger partial charge in [-0.2, -0.15) is 5.10 Å². The molecule has 0 N–H and O–H groups in total. The smallest absolute Gasteiger partial charge is 0.150 e. The van der Waals surface area contributed by atoms with Crippen molar-refractivity contribution < 1.29 is 4.74 Å². The molecule has 3 rings (SSSR count). The van der Waals surface area contributed by atoms with Gasteiger partial charge in [0.2, 0.25) is 0 Å². The quantitative estimate of drug-likeness (QED) is 0.576. The van der Waals surface area contributed by atoms with Gasteiger partial charge in [-0.1, -0.05) is 11.6 Å². The lowest BCUT2D eigenvalue weighted by molar-refractivity contribution is -0.0367. The number of ether oxygens (including phenoxy) is 1. The Kier molecular flexibility index (Phi) is 3.23. The first-order valence-electron chi connectivity index (χ1n) is 5.56. The largest absolute Gasteiger partial charge is 0.356 e. The standard InChI is InChI=1S/C11H11ClIN3O/c12-8-6-14-11(13)10-7(8)5-15-16(10)9-3-1-2-4-17-9/h5-6,9H,1-4H2. The molecule has 1 aliphatic rings. The van der Waals surface area contributed by atoms with Crippen LogP contribution in [0.15, 0.2) is 12.4 Å². The van der Waals surface area contributed by atoms with Crippen LogP contribution in [0.2, 0.25) is 5.02 Å². The van der Waals surface area contributed by atoms with Gasteiger partial charge in [0.05, 0.1) is 11.2 Å². The lowest BCUT2D eigenvalue weighted by Crippen LogP contribution is -2.19. The maximum Gasteiger partial charge on any atom is 0.150 e. The summed E-state index contributed by atoms with van der Waals surface area (Å²) in [6, 6.07) is 0. The molecule has 90 valence electrons. The summed E-state index contributed by atoms with van der Waals surface area (Å²) < 4.78 is 8.57. The van der Waals surface area contributed by atoms with Gasteiger partial charge in [-0.15, -0.1) is 0 Å². The van der Waals surface area contributed by atoms with Crippen LogP contribution >= 0.6 is 34.2 Å². The maximum absolute atomic E-state index is 6.12. The Balaban J connectivity index is 2.13. The van der Waals surface area contributed by atoms with Gasteiger partial charge in [0.1, 0.15) is 9.22 Å². The lowest BCUT2D eigenvalue weighted by Gasteiger charge is -2.23. The molecule has 0 saturated carbocycles. The summed E-state index contributed by atoms with van der Waals surface area (Å²) in [6.45, 7) is 0.802. The molecule has 6 heteroatoms. The second-order valence-corrected chi connectivity index (χ2v) is 5.50. The summed E-state index contributed by atoms with van der Waals surface area (Å²) in [7, 11) is 0. The van der Waals surface area contributed by atoms with E-state index in [1.54, 1.807) is 12.4 Å². The fourth-order valence-corrected chi connectivity index (χ4v) is 2.99. The number of hydrogen-bond donors (Lipinski definition) is 0. The maximum atomic E-state index is 6.12. The number of nitrogens with zero attached hydrogens (tertiary/aromatic N) is 3. The molecule has 1 aliphatic heterocycles. The molecule has 0 radical (unpaired) electrons. The molecular formula is C11H11ClIN3O. The third-order valence-corrected chi connectivity index (χ3v) is 4.06. The van der Waals surface area contributed by atoms with Crippen LogP contribution in [0.4, 0.5) is 0 Å². The summed E-state index contributed by atoms with van der Waals surface area (Å²) >= 11 is 8.33. The molecule has 0 bridgehead atoms. The normalized spacial score (nSPS) is 20.9. The van der Waals surface area contributed by atoms with Crippen molar-refractivity contribution >= 4 is 45.1 Å². The summed E-state index contributed by atoms with van der Waals surface area (Å²) in [4.78, 5) is 4.27. The molecule has 4 nitrogen and oxygen atoms in total. The summed E-state index contributed by atoms with van der Waals surface area (Å²) in [5.41, 5.74) is 0.977. The van der Waals surface area contributed by atoms with Crippen LogP contribution < -0.4 is 0 Å². The van der Waals surface area contributed by atoms with Crippen molar-refractivity contribution in [2.24, 2.45) is 0 Å². The molecular weight excluding hydrogens is 352 g/mol. The minimum atomic E-state index is 0.0232. The lowest BCUT2D eigenvalue weighted by atomic mass is 10.2. The molecule has 0 aromatic carbocycles. The summed E-state index contributed by atoms with van der Waals surface area (Å²) in [5.74, 6) is 0. The topological polar surface area (TPSA) is 39.9 Å². The fraction of sp³-hybridized carbons (Fsp3) is 0.455. The average molecular weight is 364 g/mol. The first-order chi connectivity index (χ1) is 8.27. The first-order valence-corrected chi connectivity index (χ1v) is 7.02. The van der Waals surface area contributed by atoms with Crippen LogP contribution in [0.25, 0.3) is 10.9 Å². The molecule has 1 saturated heterocycles. The van der Waals surface area contributed by atoms with Crippen LogP contribution in [0.5, 0.6) is 0 Å². The second-order valence-electron chi connectivity index (χ2n) is 4.07. The predicted octanol–water partition coefficient (Wildman–Crippen LogP) is 3.39. The highest BCUT2D eigenvalue weighted by Gasteiger charge is 2.20. The minimum absolute atomic E-state index is 0.0232. The Morgan fingerprint density at radius 1 is 1.41 bits per heavy atom. The highest BCUT2D eigenvalue weighted by molar-refractivity contribution is 14.1. The van der Waals surface area contributed by atoms with Crippen molar-refractivity contribution in [3.05, 3.63) is 21.1 Å². The monoisotopic (exact) mass is 363 g/mol. The van der Waals surface area contributed by atoms with Gasteiger partial charge in [0.15, 0.2) is 6.23 Å². The number of aromatic nitrogens is 3. The Labute approximate surface area is 117 Å². The van der Waals surface area contributed by atoms with Crippen LogP contribution in [0, 0.1) is 3.70 Å². The van der Waals surface area contributed by atoms with Crippen molar-refractivity contribution in [2.75, 3.05) is 6.61 Å². The van der Waals surface area contributed by atoms with E-state index in [0.29, 0.717) is 5.02 Å². The van der Waals surface area contributed by atoms with E-state index in [2.05, 4.69) is 32.7 Å². The van der Waals surface area contributed by atoms with Gasteiger partial charge in [0.25, 0.3) is 0 Å². The van der Waals surface area contributed by atoms with Crippen molar-refractivity contribution in [1.29, 1.82) is 0 Å². The van der Waals surface area contributed by atoms with Crippen LogP contribution in [0.1, 0.15) is 25.5 Å². The zero-order valence-corrected chi connectivity index (χ0v) is 12.0. The number of rotatable bonds is 1. The molecule has 3 heterocycles. The van der Waals surface area contributed by atoms with Gasteiger partial charge in [-0.25, -0.2) is 9.67 Å². The highest BCUT2D eigenvalue weighted by Crippen LogP contribution is 2.30. The van der Waals surface area contributed by atoms with E-state index in [-0.39, 0.29) is 6.23 Å². The molecule has 1 unspecified atom stereocenters. The first kappa shape index (κ1) is 11.7. The molecule has 0 spiro atoms. The van der Waals surface area contributed by atoms with E-state index in [4.69, 9.17) is 16.3 Å². The Morgan fingerprint density at radius 3 is 3.06 bits per heavy atom. The SMILES string of the molecule is Clc1cnc(I)c2c1cnn2C1CCCCO1. The highest BCUT2D eigenvalue weighted by atomic mass is 127. The Morgan fingerprint density at radius 2 is 2.29 bits per heavy atom. The van der Waals surface area contributed by atoms with E-state index in [1.807, 2.05) is 4.68 Å². The van der Waals surface area contributed by atoms with Crippen molar-refractivity contribution in [3.63, 3.8) is 0 Å². The van der Waals surface area contributed by atoms with Gasteiger partial charge >= 0.3 is 0 Å². The average Bonchev–Trinajstić information content (AvgIpc) is 2.81. The minimum Gasteiger partial charge on any atom is -0.356 e. The second kappa shape index (κ2) is 4.70. The third-order valence-electron chi connectivity index (χ3n) is 2.97. The number of halogens is 2. The van der Waals surface area contributed by atoms with Crippen molar-refractivity contribution in [1.82, 2.24) is 14.8 Å². The van der Waals surface area contributed by atoms with E-state index >= 15 is 0 Å². The van der Waals surface area contributed by atoms with Crippen LogP contribution in [-0.2, 0) is 4.74 Å². The van der Waals surface area contributed by atoms with Crippen molar-refractivity contribution in [2.45, 2.75) is 25.5 Å². The Bertz CT molecular complexity index is 551. The van der Waals surface area contributed by atoms with Crippen LogP contribution in [0.3, 0.4) is 0 Å². The predicted molar refractivity (Wildman–Crippen MR) is 74.1 cm³/mol. The molecule has 1 fully saturated rings. The number of hydrogen-bond acceptors (Lipinski definition) is 3. The van der Waals surface area contributed by atoms with E-state index < -0.39 is 0 Å². The van der Waals surface area contributed by atoms with Gasteiger partial charge in [0, 0.05) is 18.2 Å². The van der Waals surface area contributed by atoms with Gasteiger partial charge in [-0.3, -0.25) is 0 Å². The zero-order chi connectivity index (χ0) is 11.8. The number of pyridine rings is 1. The number of fused-ring (bicyclic) bond motifs is 1. The van der Waals surface area contributed by atoms with E-state index in [1.165, 1.54) is 6.42 Å². The third kappa shape index (κ3) is 2.04. The fourth-order valence-electron chi connectivity index (χ4n) is 2.12. The molecule has 1 atom stereocenters. The van der Waals surface area contributed by atoms with Crippen molar-refractivity contribution in [3.8, 4) is 0 Å². The van der Waals surface area contributed by atoms with Gasteiger partial charge < -0.3 is 4.74 Å². The molecule has 2 aromatic heterocycles. The summed E-state index contributed by atoms with van der Waals surface area (Å²) in [6.07, 6.45) is 6.79. The molecule has 0 amide bonds. The van der Waals surface area contributed by atoms with E-state index in [0.717, 1.165) is 34.1 Å². The molecule has 2 aromatic rings.